The van der Waals surface area contributed by atoms with Gasteiger partial charge in [-0.25, -0.2) is 0 Å². The number of hydrogen-bond donors (Lipinski definition) is 0. The van der Waals surface area contributed by atoms with Gasteiger partial charge >= 0.3 is 0 Å². The van der Waals surface area contributed by atoms with E-state index < -0.39 is 0 Å². The van der Waals surface area contributed by atoms with Gasteiger partial charge < -0.3 is 0 Å². The molecule has 0 spiro atoms. The maximum absolute atomic E-state index is 12.0. The Labute approximate surface area is 134 Å². The number of halogens is 3. The summed E-state index contributed by atoms with van der Waals surface area (Å²) in [5.41, 5.74) is 0.690. The Hall–Kier alpha value is -0.480. The third kappa shape index (κ3) is 4.53. The Morgan fingerprint density at radius 1 is 1.11 bits per heavy atom. The van der Waals surface area contributed by atoms with Gasteiger partial charge in [0.15, 0.2) is 5.78 Å². The lowest BCUT2D eigenvalue weighted by molar-refractivity contribution is 0.102. The first-order valence-electron chi connectivity index (χ1n) is 5.42. The monoisotopic (exact) mass is 374 g/mol. The SMILES string of the molecule is O=C(CSc1cc(Cl)cc(Cl)c1)c1cccc(Br)c1. The van der Waals surface area contributed by atoms with Crippen molar-refractivity contribution >= 4 is 56.7 Å². The molecule has 1 nitrogen and oxygen atoms in total. The molecule has 2 rings (SSSR count). The number of benzene rings is 2. The average Bonchev–Trinajstić information content (AvgIpc) is 2.35. The summed E-state index contributed by atoms with van der Waals surface area (Å²) in [5.74, 6) is 0.426. The van der Waals surface area contributed by atoms with Crippen LogP contribution in [-0.2, 0) is 0 Å². The van der Waals surface area contributed by atoms with Crippen LogP contribution in [0.1, 0.15) is 10.4 Å². The van der Waals surface area contributed by atoms with Gasteiger partial charge in [0.05, 0.1) is 5.75 Å². The number of carbonyl (C=O) groups excluding carboxylic acids is 1. The maximum Gasteiger partial charge on any atom is 0.173 e. The van der Waals surface area contributed by atoms with E-state index in [0.29, 0.717) is 21.4 Å². The van der Waals surface area contributed by atoms with E-state index in [1.54, 1.807) is 24.3 Å². The smallest absolute Gasteiger partial charge is 0.173 e. The zero-order chi connectivity index (χ0) is 13.8. The molecule has 0 amide bonds. The van der Waals surface area contributed by atoms with E-state index >= 15 is 0 Å². The molecule has 0 aromatic heterocycles. The summed E-state index contributed by atoms with van der Waals surface area (Å²) in [6.07, 6.45) is 0. The number of thioether (sulfide) groups is 1. The number of Topliss-reactive ketones (excluding diaryl/α,β-unsaturated/α-hetero) is 1. The Balaban J connectivity index is 2.04. The lowest BCUT2D eigenvalue weighted by Gasteiger charge is -2.03. The first-order chi connectivity index (χ1) is 9.04. The minimum absolute atomic E-state index is 0.0717. The zero-order valence-corrected chi connectivity index (χ0v) is 13.6. The van der Waals surface area contributed by atoms with Gasteiger partial charge in [-0.15, -0.1) is 11.8 Å². The molecule has 0 aliphatic carbocycles. The van der Waals surface area contributed by atoms with E-state index in [9.17, 15) is 4.79 Å². The van der Waals surface area contributed by atoms with Crippen LogP contribution in [-0.4, -0.2) is 11.5 Å². The van der Waals surface area contributed by atoms with Crippen molar-refractivity contribution < 1.29 is 4.79 Å². The molecule has 0 saturated heterocycles. The molecule has 0 aliphatic rings. The summed E-state index contributed by atoms with van der Waals surface area (Å²) in [4.78, 5) is 12.9. The highest BCUT2D eigenvalue weighted by Gasteiger charge is 2.08. The standard InChI is InChI=1S/C14H9BrCl2OS/c15-10-3-1-2-9(4-10)14(18)8-19-13-6-11(16)5-12(17)7-13/h1-7H,8H2. The second kappa shape index (κ2) is 6.80. The van der Waals surface area contributed by atoms with Gasteiger partial charge in [-0.05, 0) is 30.3 Å². The van der Waals surface area contributed by atoms with Crippen LogP contribution < -0.4 is 0 Å². The van der Waals surface area contributed by atoms with E-state index in [4.69, 9.17) is 23.2 Å². The van der Waals surface area contributed by atoms with E-state index in [-0.39, 0.29) is 5.78 Å². The minimum atomic E-state index is 0.0717. The van der Waals surface area contributed by atoms with Crippen molar-refractivity contribution in [2.45, 2.75) is 4.90 Å². The fraction of sp³-hybridized carbons (Fsp3) is 0.0714. The molecule has 19 heavy (non-hydrogen) atoms. The first kappa shape index (κ1) is 14.9. The minimum Gasteiger partial charge on any atom is -0.293 e. The zero-order valence-electron chi connectivity index (χ0n) is 9.70. The predicted molar refractivity (Wildman–Crippen MR) is 85.7 cm³/mol. The van der Waals surface area contributed by atoms with Crippen LogP contribution in [0.3, 0.4) is 0 Å². The molecular weight excluding hydrogens is 367 g/mol. The summed E-state index contributed by atoms with van der Waals surface area (Å²) < 4.78 is 0.897. The van der Waals surface area contributed by atoms with Crippen molar-refractivity contribution in [1.82, 2.24) is 0 Å². The van der Waals surface area contributed by atoms with Crippen LogP contribution in [0.25, 0.3) is 0 Å². The predicted octanol–water partition coefficient (Wildman–Crippen LogP) is 5.73. The van der Waals surface area contributed by atoms with Crippen LogP contribution in [0.2, 0.25) is 10.0 Å². The molecule has 0 bridgehead atoms. The normalized spacial score (nSPS) is 10.5. The van der Waals surface area contributed by atoms with Crippen molar-refractivity contribution in [3.63, 3.8) is 0 Å². The Morgan fingerprint density at radius 2 is 1.79 bits per heavy atom. The topological polar surface area (TPSA) is 17.1 Å². The van der Waals surface area contributed by atoms with Gasteiger partial charge in [-0.2, -0.15) is 0 Å². The molecule has 0 fully saturated rings. The molecule has 0 unspecified atom stereocenters. The second-order valence-corrected chi connectivity index (χ2v) is 6.66. The first-order valence-corrected chi connectivity index (χ1v) is 7.96. The van der Waals surface area contributed by atoms with E-state index in [0.717, 1.165) is 9.37 Å². The summed E-state index contributed by atoms with van der Waals surface area (Å²) in [5, 5.41) is 1.15. The molecule has 0 aliphatic heterocycles. The summed E-state index contributed by atoms with van der Waals surface area (Å²) >= 11 is 16.6. The lowest BCUT2D eigenvalue weighted by Crippen LogP contribution is -2.01. The highest BCUT2D eigenvalue weighted by molar-refractivity contribution is 9.10. The number of ketones is 1. The highest BCUT2D eigenvalue weighted by Crippen LogP contribution is 2.27. The van der Waals surface area contributed by atoms with Gasteiger partial charge in [-0.3, -0.25) is 4.79 Å². The molecule has 0 atom stereocenters. The van der Waals surface area contributed by atoms with Crippen molar-refractivity contribution in [3.05, 3.63) is 62.5 Å². The van der Waals surface area contributed by atoms with Gasteiger partial charge in [0.1, 0.15) is 0 Å². The van der Waals surface area contributed by atoms with Crippen molar-refractivity contribution in [2.24, 2.45) is 0 Å². The van der Waals surface area contributed by atoms with Crippen LogP contribution in [0.15, 0.2) is 51.8 Å². The molecule has 2 aromatic rings. The van der Waals surface area contributed by atoms with E-state index in [2.05, 4.69) is 15.9 Å². The Morgan fingerprint density at radius 3 is 2.42 bits per heavy atom. The van der Waals surface area contributed by atoms with Gasteiger partial charge in [0.25, 0.3) is 0 Å². The highest BCUT2D eigenvalue weighted by atomic mass is 79.9. The Bertz CT molecular complexity index is 596. The summed E-state index contributed by atoms with van der Waals surface area (Å²) in [6.45, 7) is 0. The molecular formula is C14H9BrCl2OS. The lowest BCUT2D eigenvalue weighted by atomic mass is 10.2. The van der Waals surface area contributed by atoms with E-state index in [1.807, 2.05) is 18.2 Å². The fourth-order valence-electron chi connectivity index (χ4n) is 1.51. The van der Waals surface area contributed by atoms with Crippen LogP contribution >= 0.6 is 50.9 Å². The number of carbonyl (C=O) groups is 1. The van der Waals surface area contributed by atoms with Crippen molar-refractivity contribution in [2.75, 3.05) is 5.75 Å². The summed E-state index contributed by atoms with van der Waals surface area (Å²) in [7, 11) is 0. The number of rotatable bonds is 4. The molecule has 0 radical (unpaired) electrons. The van der Waals surface area contributed by atoms with Gasteiger partial charge in [-0.1, -0.05) is 51.3 Å². The average molecular weight is 376 g/mol. The quantitative estimate of drug-likeness (QED) is 0.501. The van der Waals surface area contributed by atoms with E-state index in [1.165, 1.54) is 11.8 Å². The van der Waals surface area contributed by atoms with Gasteiger partial charge in [0.2, 0.25) is 0 Å². The largest absolute Gasteiger partial charge is 0.293 e. The summed E-state index contributed by atoms with van der Waals surface area (Å²) in [6, 6.07) is 12.6. The molecule has 0 heterocycles. The molecule has 5 heteroatoms. The van der Waals surface area contributed by atoms with Crippen LogP contribution in [0, 0.1) is 0 Å². The molecule has 0 N–H and O–H groups in total. The van der Waals surface area contributed by atoms with Crippen LogP contribution in [0.4, 0.5) is 0 Å². The van der Waals surface area contributed by atoms with Gasteiger partial charge in [0, 0.05) is 25.0 Å². The molecule has 0 saturated carbocycles. The van der Waals surface area contributed by atoms with Crippen molar-refractivity contribution in [1.29, 1.82) is 0 Å². The third-order valence-corrected chi connectivity index (χ3v) is 4.26. The molecule has 98 valence electrons. The second-order valence-electron chi connectivity index (χ2n) is 3.83. The van der Waals surface area contributed by atoms with Crippen molar-refractivity contribution in [3.8, 4) is 0 Å². The Kier molecular flexibility index (Phi) is 5.34. The maximum atomic E-state index is 12.0. The third-order valence-electron chi connectivity index (χ3n) is 2.35. The fourth-order valence-corrected chi connectivity index (χ4v) is 3.45. The molecule has 2 aromatic carbocycles. The number of hydrogen-bond acceptors (Lipinski definition) is 2. The van der Waals surface area contributed by atoms with Crippen LogP contribution in [0.5, 0.6) is 0 Å².